The van der Waals surface area contributed by atoms with E-state index in [9.17, 15) is 20.3 Å². The van der Waals surface area contributed by atoms with E-state index in [1.165, 1.54) is 36.5 Å². The van der Waals surface area contributed by atoms with Crippen molar-refractivity contribution >= 4 is 35.4 Å². The van der Waals surface area contributed by atoms with Crippen LogP contribution >= 0.6 is 0 Å². The van der Waals surface area contributed by atoms with Crippen LogP contribution in [0.15, 0.2) is 47.6 Å². The Kier molecular flexibility index (Phi) is 9.32. The van der Waals surface area contributed by atoms with Gasteiger partial charge in [-0.15, -0.1) is 0 Å². The highest BCUT2D eigenvalue weighted by Gasteiger charge is 2.14. The average Bonchev–Trinajstić information content (AvgIpc) is 2.85. The lowest BCUT2D eigenvalue weighted by Crippen LogP contribution is -2.28. The standard InChI is InChI=1S/C24H30N8O4/c1-3-5-13-31(14-6-4-2)24-28-22(26-18-8-10-19(11-9-18)32(35)36)27-23(29-24)30-25-16-17-7-12-20(33)15-21(17)34/h7-12,15-16,33-34H,3-6,13-14H2,1-2H3,(H2,26,27,28,29,30)/b25-16-. The molecule has 0 saturated heterocycles. The minimum Gasteiger partial charge on any atom is -0.508 e. The number of aromatic nitrogens is 3. The van der Waals surface area contributed by atoms with Gasteiger partial charge >= 0.3 is 0 Å². The number of nitro benzene ring substituents is 1. The predicted molar refractivity (Wildman–Crippen MR) is 139 cm³/mol. The van der Waals surface area contributed by atoms with Gasteiger partial charge in [-0.05, 0) is 37.1 Å². The SMILES string of the molecule is CCCCN(CCCC)c1nc(N/N=C\c2ccc(O)cc2O)nc(Nc2ccc([N+](=O)[O-])cc2)n1. The van der Waals surface area contributed by atoms with Crippen molar-refractivity contribution in [3.63, 3.8) is 0 Å². The summed E-state index contributed by atoms with van der Waals surface area (Å²) in [5.41, 5.74) is 3.73. The number of non-ortho nitro benzene ring substituents is 1. The quantitative estimate of drug-likeness (QED) is 0.148. The number of phenolic OH excluding ortho intramolecular Hbond substituents is 2. The fourth-order valence-corrected chi connectivity index (χ4v) is 3.22. The third-order valence-electron chi connectivity index (χ3n) is 5.19. The van der Waals surface area contributed by atoms with Gasteiger partial charge in [0.2, 0.25) is 17.8 Å². The summed E-state index contributed by atoms with van der Waals surface area (Å²) in [6, 6.07) is 10.1. The summed E-state index contributed by atoms with van der Waals surface area (Å²) >= 11 is 0. The van der Waals surface area contributed by atoms with Crippen molar-refractivity contribution in [1.29, 1.82) is 0 Å². The van der Waals surface area contributed by atoms with Crippen LogP contribution in [-0.4, -0.2) is 49.4 Å². The number of hydrogen-bond donors (Lipinski definition) is 4. The molecule has 3 aromatic rings. The lowest BCUT2D eigenvalue weighted by molar-refractivity contribution is -0.384. The van der Waals surface area contributed by atoms with E-state index in [0.717, 1.165) is 38.8 Å². The van der Waals surface area contributed by atoms with Crippen LogP contribution in [0, 0.1) is 10.1 Å². The Bertz CT molecular complexity index is 1180. The first-order valence-corrected chi connectivity index (χ1v) is 11.7. The Morgan fingerprint density at radius 2 is 1.67 bits per heavy atom. The van der Waals surface area contributed by atoms with Crippen molar-refractivity contribution in [2.75, 3.05) is 28.7 Å². The molecule has 2 aromatic carbocycles. The molecule has 12 heteroatoms. The van der Waals surface area contributed by atoms with E-state index in [2.05, 4.69) is 49.5 Å². The molecule has 0 atom stereocenters. The molecular weight excluding hydrogens is 464 g/mol. The first-order chi connectivity index (χ1) is 17.4. The molecule has 0 amide bonds. The highest BCUT2D eigenvalue weighted by atomic mass is 16.6. The van der Waals surface area contributed by atoms with E-state index in [4.69, 9.17) is 0 Å². The Morgan fingerprint density at radius 1 is 1.00 bits per heavy atom. The number of hydrazone groups is 1. The van der Waals surface area contributed by atoms with Crippen molar-refractivity contribution in [1.82, 2.24) is 15.0 Å². The summed E-state index contributed by atoms with van der Waals surface area (Å²) in [6.45, 7) is 5.80. The van der Waals surface area contributed by atoms with Crippen LogP contribution in [0.5, 0.6) is 11.5 Å². The highest BCUT2D eigenvalue weighted by Crippen LogP contribution is 2.22. The van der Waals surface area contributed by atoms with Gasteiger partial charge in [-0.2, -0.15) is 20.1 Å². The number of nitrogens with one attached hydrogen (secondary N) is 2. The number of unbranched alkanes of at least 4 members (excludes halogenated alkanes) is 2. The van der Waals surface area contributed by atoms with Gasteiger partial charge in [0.05, 0.1) is 11.1 Å². The van der Waals surface area contributed by atoms with E-state index < -0.39 is 4.92 Å². The van der Waals surface area contributed by atoms with Gasteiger partial charge in [0.15, 0.2) is 0 Å². The summed E-state index contributed by atoms with van der Waals surface area (Å²) in [7, 11) is 0. The first-order valence-electron chi connectivity index (χ1n) is 11.7. The number of anilines is 4. The zero-order chi connectivity index (χ0) is 25.9. The number of benzene rings is 2. The number of nitrogens with zero attached hydrogens (tertiary/aromatic N) is 6. The molecule has 0 fully saturated rings. The lowest BCUT2D eigenvalue weighted by Gasteiger charge is -2.23. The van der Waals surface area contributed by atoms with E-state index in [1.54, 1.807) is 12.1 Å². The van der Waals surface area contributed by atoms with Crippen LogP contribution in [0.4, 0.5) is 29.2 Å². The molecule has 0 aliphatic rings. The molecule has 1 heterocycles. The molecule has 1 aromatic heterocycles. The minimum absolute atomic E-state index is 0.0173. The number of phenols is 2. The minimum atomic E-state index is -0.462. The normalized spacial score (nSPS) is 10.9. The second-order valence-electron chi connectivity index (χ2n) is 8.02. The van der Waals surface area contributed by atoms with Gasteiger partial charge < -0.3 is 20.4 Å². The average molecular weight is 495 g/mol. The maximum atomic E-state index is 10.9. The summed E-state index contributed by atoms with van der Waals surface area (Å²) in [4.78, 5) is 26.1. The van der Waals surface area contributed by atoms with Crippen molar-refractivity contribution < 1.29 is 15.1 Å². The summed E-state index contributed by atoms with van der Waals surface area (Å²) in [5, 5.41) is 37.5. The smallest absolute Gasteiger partial charge is 0.269 e. The molecule has 3 rings (SSSR count). The van der Waals surface area contributed by atoms with Crippen LogP contribution in [-0.2, 0) is 0 Å². The molecule has 0 aliphatic carbocycles. The molecule has 0 aliphatic heterocycles. The van der Waals surface area contributed by atoms with Gasteiger partial charge in [0, 0.05) is 42.5 Å². The zero-order valence-corrected chi connectivity index (χ0v) is 20.3. The molecule has 0 bridgehead atoms. The van der Waals surface area contributed by atoms with Gasteiger partial charge in [0.25, 0.3) is 5.69 Å². The van der Waals surface area contributed by atoms with Crippen molar-refractivity contribution in [3.05, 3.63) is 58.1 Å². The van der Waals surface area contributed by atoms with E-state index in [-0.39, 0.29) is 29.1 Å². The molecule has 0 saturated carbocycles. The third kappa shape index (κ3) is 7.52. The Hall–Kier alpha value is -4.48. The molecule has 0 spiro atoms. The number of aromatic hydroxyl groups is 2. The fraction of sp³-hybridized carbons (Fsp3) is 0.333. The number of rotatable bonds is 13. The molecular formula is C24H30N8O4. The van der Waals surface area contributed by atoms with Gasteiger partial charge in [-0.1, -0.05) is 26.7 Å². The number of hydrogen-bond acceptors (Lipinski definition) is 11. The Balaban J connectivity index is 1.89. The number of nitro groups is 1. The topological polar surface area (TPSA) is 162 Å². The molecule has 0 unspecified atom stereocenters. The van der Waals surface area contributed by atoms with Crippen molar-refractivity contribution in [2.24, 2.45) is 5.10 Å². The molecule has 190 valence electrons. The zero-order valence-electron chi connectivity index (χ0n) is 20.3. The molecule has 4 N–H and O–H groups in total. The molecule has 36 heavy (non-hydrogen) atoms. The Labute approximate surface area is 208 Å². The second-order valence-corrected chi connectivity index (χ2v) is 8.02. The summed E-state index contributed by atoms with van der Waals surface area (Å²) in [6.07, 6.45) is 5.37. The van der Waals surface area contributed by atoms with E-state index >= 15 is 0 Å². The van der Waals surface area contributed by atoms with Crippen LogP contribution in [0.2, 0.25) is 0 Å². The third-order valence-corrected chi connectivity index (χ3v) is 5.19. The predicted octanol–water partition coefficient (Wildman–Crippen LogP) is 4.79. The highest BCUT2D eigenvalue weighted by molar-refractivity contribution is 5.84. The van der Waals surface area contributed by atoms with Gasteiger partial charge in [-0.3, -0.25) is 10.1 Å². The molecule has 0 radical (unpaired) electrons. The van der Waals surface area contributed by atoms with Gasteiger partial charge in [-0.25, -0.2) is 5.43 Å². The summed E-state index contributed by atoms with van der Waals surface area (Å²) in [5.74, 6) is 0.721. The van der Waals surface area contributed by atoms with Crippen LogP contribution < -0.4 is 15.6 Å². The molecule has 12 nitrogen and oxygen atoms in total. The Morgan fingerprint density at radius 3 is 2.28 bits per heavy atom. The lowest BCUT2D eigenvalue weighted by atomic mass is 10.2. The van der Waals surface area contributed by atoms with Gasteiger partial charge in [0.1, 0.15) is 11.5 Å². The summed E-state index contributed by atoms with van der Waals surface area (Å²) < 4.78 is 0. The van der Waals surface area contributed by atoms with E-state index in [0.29, 0.717) is 17.2 Å². The fourth-order valence-electron chi connectivity index (χ4n) is 3.22. The largest absolute Gasteiger partial charge is 0.508 e. The first kappa shape index (κ1) is 26.1. The maximum absolute atomic E-state index is 10.9. The van der Waals surface area contributed by atoms with Crippen molar-refractivity contribution in [2.45, 2.75) is 39.5 Å². The van der Waals surface area contributed by atoms with Crippen LogP contribution in [0.1, 0.15) is 45.1 Å². The van der Waals surface area contributed by atoms with Crippen molar-refractivity contribution in [3.8, 4) is 11.5 Å². The van der Waals surface area contributed by atoms with Crippen LogP contribution in [0.3, 0.4) is 0 Å². The second kappa shape index (κ2) is 12.8. The maximum Gasteiger partial charge on any atom is 0.269 e. The monoisotopic (exact) mass is 494 g/mol. The van der Waals surface area contributed by atoms with E-state index in [1.807, 2.05) is 0 Å². The van der Waals surface area contributed by atoms with Crippen LogP contribution in [0.25, 0.3) is 0 Å².